The highest BCUT2D eigenvalue weighted by atomic mass is 16.5. The van der Waals surface area contributed by atoms with Crippen molar-refractivity contribution in [1.82, 2.24) is 4.98 Å². The van der Waals surface area contributed by atoms with Crippen LogP contribution in [-0.4, -0.2) is 37.3 Å². The van der Waals surface area contributed by atoms with Gasteiger partial charge < -0.3 is 19.5 Å². The van der Waals surface area contributed by atoms with Crippen molar-refractivity contribution < 1.29 is 19.0 Å². The summed E-state index contributed by atoms with van der Waals surface area (Å²) in [4.78, 5) is 16.3. The molecule has 1 saturated carbocycles. The van der Waals surface area contributed by atoms with Crippen LogP contribution in [0.1, 0.15) is 43.6 Å². The molecule has 0 spiro atoms. The molecule has 0 radical (unpaired) electrons. The van der Waals surface area contributed by atoms with E-state index >= 15 is 0 Å². The van der Waals surface area contributed by atoms with Crippen LogP contribution in [0.2, 0.25) is 0 Å². The number of carbonyl (C=O) groups excluding carboxylic acids is 1. The Hall–Kier alpha value is -2.85. The molecule has 0 bridgehead atoms. The minimum absolute atomic E-state index is 0.0242. The molecule has 2 heterocycles. The van der Waals surface area contributed by atoms with Gasteiger partial charge in [-0.2, -0.15) is 5.26 Å². The van der Waals surface area contributed by atoms with Gasteiger partial charge in [0.2, 0.25) is 5.91 Å². The Morgan fingerprint density at radius 1 is 1.31 bits per heavy atom. The van der Waals surface area contributed by atoms with Gasteiger partial charge in [-0.05, 0) is 30.5 Å². The van der Waals surface area contributed by atoms with Crippen LogP contribution in [0, 0.1) is 17.2 Å². The number of aromatic nitrogens is 1. The molecule has 7 heteroatoms. The first-order chi connectivity index (χ1) is 14.2. The number of pyridine rings is 1. The summed E-state index contributed by atoms with van der Waals surface area (Å²) in [6, 6.07) is 6.03. The molecule has 1 aromatic heterocycles. The topological polar surface area (TPSA) is 93.5 Å². The van der Waals surface area contributed by atoms with E-state index in [1.54, 1.807) is 13.3 Å². The Morgan fingerprint density at radius 2 is 2.10 bits per heavy atom. The predicted octanol–water partition coefficient (Wildman–Crippen LogP) is 3.42. The van der Waals surface area contributed by atoms with Gasteiger partial charge in [-0.1, -0.05) is 6.08 Å². The number of carbonyl (C=O) groups is 1. The molecule has 1 N–H and O–H groups in total. The quantitative estimate of drug-likeness (QED) is 0.793. The first kappa shape index (κ1) is 19.5. The molecule has 1 amide bonds. The third kappa shape index (κ3) is 4.60. The third-order valence-corrected chi connectivity index (χ3v) is 5.50. The summed E-state index contributed by atoms with van der Waals surface area (Å²) in [5.74, 6) is 1.83. The predicted molar refractivity (Wildman–Crippen MR) is 106 cm³/mol. The van der Waals surface area contributed by atoms with Crippen molar-refractivity contribution in [2.75, 3.05) is 25.6 Å². The van der Waals surface area contributed by atoms with Crippen LogP contribution in [0.3, 0.4) is 0 Å². The summed E-state index contributed by atoms with van der Waals surface area (Å²) in [6.07, 6.45) is 7.71. The molecule has 1 atom stereocenters. The summed E-state index contributed by atoms with van der Waals surface area (Å²) in [7, 11) is 1.61. The average molecular weight is 395 g/mol. The van der Waals surface area contributed by atoms with Crippen LogP contribution in [0.4, 0.5) is 5.82 Å². The number of hydrogen-bond donors (Lipinski definition) is 1. The van der Waals surface area contributed by atoms with E-state index in [9.17, 15) is 10.1 Å². The van der Waals surface area contributed by atoms with Crippen molar-refractivity contribution >= 4 is 11.7 Å². The number of nitrogens with zero attached hydrogens (tertiary/aromatic N) is 2. The largest absolute Gasteiger partial charge is 0.497 e. The second kappa shape index (κ2) is 8.66. The van der Waals surface area contributed by atoms with Gasteiger partial charge in [-0.25, -0.2) is 4.98 Å². The van der Waals surface area contributed by atoms with Crippen molar-refractivity contribution in [2.24, 2.45) is 5.92 Å². The van der Waals surface area contributed by atoms with Gasteiger partial charge in [-0.3, -0.25) is 4.79 Å². The monoisotopic (exact) mass is 395 g/mol. The van der Waals surface area contributed by atoms with Crippen molar-refractivity contribution in [2.45, 2.75) is 44.1 Å². The van der Waals surface area contributed by atoms with Gasteiger partial charge in [0, 0.05) is 37.3 Å². The van der Waals surface area contributed by atoms with E-state index in [1.807, 2.05) is 18.2 Å². The first-order valence-corrected chi connectivity index (χ1v) is 10.1. The number of rotatable bonds is 6. The summed E-state index contributed by atoms with van der Waals surface area (Å²) in [5, 5.41) is 12.6. The fourth-order valence-corrected chi connectivity index (χ4v) is 3.67. The highest BCUT2D eigenvalue weighted by Crippen LogP contribution is 2.37. The fourth-order valence-electron chi connectivity index (χ4n) is 3.67. The highest BCUT2D eigenvalue weighted by molar-refractivity contribution is 5.93. The lowest BCUT2D eigenvalue weighted by molar-refractivity contribution is -0.117. The van der Waals surface area contributed by atoms with Gasteiger partial charge >= 0.3 is 0 Å². The molecule has 1 unspecified atom stereocenters. The van der Waals surface area contributed by atoms with Gasteiger partial charge in [-0.15, -0.1) is 0 Å². The van der Waals surface area contributed by atoms with Crippen LogP contribution < -0.4 is 5.32 Å². The smallest absolute Gasteiger partial charge is 0.228 e. The molecule has 1 saturated heterocycles. The number of allylic oxidation sites excluding steroid dienone is 3. The van der Waals surface area contributed by atoms with E-state index < -0.39 is 0 Å². The molecular weight excluding hydrogens is 370 g/mol. The van der Waals surface area contributed by atoms with Gasteiger partial charge in [0.1, 0.15) is 23.8 Å². The maximum absolute atomic E-state index is 12.0. The molecule has 4 rings (SSSR count). The van der Waals surface area contributed by atoms with Crippen LogP contribution in [0.25, 0.3) is 0 Å². The Balaban J connectivity index is 1.53. The van der Waals surface area contributed by atoms with Crippen LogP contribution >= 0.6 is 0 Å². The van der Waals surface area contributed by atoms with Crippen LogP contribution in [0.15, 0.2) is 41.5 Å². The molecule has 2 fully saturated rings. The highest BCUT2D eigenvalue weighted by Gasteiger charge is 2.31. The van der Waals surface area contributed by atoms with E-state index in [-0.39, 0.29) is 23.8 Å². The average Bonchev–Trinajstić information content (AvgIpc) is 3.60. The first-order valence-electron chi connectivity index (χ1n) is 10.1. The number of nitriles is 1. The van der Waals surface area contributed by atoms with Gasteiger partial charge in [0.05, 0.1) is 25.9 Å². The third-order valence-electron chi connectivity index (χ3n) is 5.50. The molecule has 1 aromatic rings. The zero-order valence-corrected chi connectivity index (χ0v) is 16.5. The van der Waals surface area contributed by atoms with Gasteiger partial charge in [0.25, 0.3) is 0 Å². The van der Waals surface area contributed by atoms with Crippen molar-refractivity contribution in [3.63, 3.8) is 0 Å². The summed E-state index contributed by atoms with van der Waals surface area (Å²) < 4.78 is 17.1. The van der Waals surface area contributed by atoms with Crippen molar-refractivity contribution in [1.29, 1.82) is 5.26 Å². The second-order valence-electron chi connectivity index (χ2n) is 7.63. The lowest BCUT2D eigenvalue weighted by Crippen LogP contribution is -2.25. The Bertz CT molecular complexity index is 876. The maximum Gasteiger partial charge on any atom is 0.228 e. The molecule has 0 aromatic carbocycles. The summed E-state index contributed by atoms with van der Waals surface area (Å²) in [6.45, 7) is 1.34. The number of anilines is 1. The molecule has 152 valence electrons. The minimum Gasteiger partial charge on any atom is -0.497 e. The Morgan fingerprint density at radius 3 is 2.79 bits per heavy atom. The molecule has 2 aliphatic carbocycles. The SMILES string of the molecule is COC1=C(OC2CCOCC2)C(C#N)=CC(c2ccnc(NC(=O)C3CC3)c2)C1. The Kier molecular flexibility index (Phi) is 5.81. The lowest BCUT2D eigenvalue weighted by Gasteiger charge is -2.29. The standard InChI is InChI=1S/C22H25N3O4/c1-27-19-11-16(10-17(13-23)21(19)29-18-5-8-28-9-6-18)15-4-7-24-20(12-15)25-22(26)14-2-3-14/h4,7,10,12,14,16,18H,2-3,5-6,8-9,11H2,1H3,(H,24,25,26). The fraction of sp³-hybridized carbons (Fsp3) is 0.500. The number of ether oxygens (including phenoxy) is 3. The zero-order valence-electron chi connectivity index (χ0n) is 16.5. The van der Waals surface area contributed by atoms with Crippen molar-refractivity contribution in [3.05, 3.63) is 47.1 Å². The minimum atomic E-state index is -0.0544. The van der Waals surface area contributed by atoms with E-state index in [1.165, 1.54) is 0 Å². The number of nitrogens with one attached hydrogen (secondary N) is 1. The van der Waals surface area contributed by atoms with Gasteiger partial charge in [0.15, 0.2) is 5.76 Å². The molecule has 7 nitrogen and oxygen atoms in total. The Labute approximate surface area is 170 Å². The molecule has 1 aliphatic heterocycles. The second-order valence-corrected chi connectivity index (χ2v) is 7.63. The molecular formula is C22H25N3O4. The zero-order chi connectivity index (χ0) is 20.2. The van der Waals surface area contributed by atoms with Crippen LogP contribution in [-0.2, 0) is 19.0 Å². The van der Waals surface area contributed by atoms with Crippen molar-refractivity contribution in [3.8, 4) is 6.07 Å². The molecule has 29 heavy (non-hydrogen) atoms. The normalized spacial score (nSPS) is 22.5. The maximum atomic E-state index is 12.0. The van der Waals surface area contributed by atoms with E-state index in [0.717, 1.165) is 31.2 Å². The van der Waals surface area contributed by atoms with E-state index in [2.05, 4.69) is 16.4 Å². The number of hydrogen-bond acceptors (Lipinski definition) is 6. The summed E-state index contributed by atoms with van der Waals surface area (Å²) in [5.41, 5.74) is 1.45. The number of methoxy groups -OCH3 is 1. The van der Waals surface area contributed by atoms with Crippen LogP contribution in [0.5, 0.6) is 0 Å². The number of amides is 1. The van der Waals surface area contributed by atoms with E-state index in [4.69, 9.17) is 14.2 Å². The summed E-state index contributed by atoms with van der Waals surface area (Å²) >= 11 is 0. The van der Waals surface area contributed by atoms with E-state index in [0.29, 0.717) is 42.5 Å². The molecule has 3 aliphatic rings. The lowest BCUT2D eigenvalue weighted by atomic mass is 9.88.